The van der Waals surface area contributed by atoms with Crippen LogP contribution in [0.1, 0.15) is 36.7 Å². The van der Waals surface area contributed by atoms with Crippen molar-refractivity contribution in [2.75, 3.05) is 0 Å². The van der Waals surface area contributed by atoms with E-state index >= 15 is 0 Å². The molecule has 25 heavy (non-hydrogen) atoms. The second kappa shape index (κ2) is 6.46. The molecule has 122 valence electrons. The number of nitrogens with zero attached hydrogens (tertiary/aromatic N) is 2. The van der Waals surface area contributed by atoms with E-state index in [1.165, 1.54) is 0 Å². The SMILES string of the molecule is C[C@H]1CCc2cc3cc(C#Cc4ccc#cn4)ccc3c(=O)n2CC1. The Balaban J connectivity index is 1.77. The highest BCUT2D eigenvalue weighted by Crippen LogP contribution is 2.21. The topological polar surface area (TPSA) is 34.9 Å². The lowest BCUT2D eigenvalue weighted by Crippen LogP contribution is -2.22. The number of hydrogen-bond acceptors (Lipinski definition) is 2. The fraction of sp³-hybridized carbons (Fsp3) is 0.273. The van der Waals surface area contributed by atoms with Crippen LogP contribution in [0.3, 0.4) is 0 Å². The molecular formula is C22H18N2O. The van der Waals surface area contributed by atoms with Gasteiger partial charge in [-0.05, 0) is 79.0 Å². The van der Waals surface area contributed by atoms with Gasteiger partial charge in [-0.15, -0.1) is 0 Å². The minimum Gasteiger partial charge on any atom is -0.312 e. The van der Waals surface area contributed by atoms with Gasteiger partial charge >= 0.3 is 0 Å². The van der Waals surface area contributed by atoms with E-state index in [2.05, 4.69) is 42.1 Å². The largest absolute Gasteiger partial charge is 0.312 e. The highest BCUT2D eigenvalue weighted by Gasteiger charge is 2.15. The van der Waals surface area contributed by atoms with E-state index in [9.17, 15) is 4.79 Å². The summed E-state index contributed by atoms with van der Waals surface area (Å²) in [7, 11) is 0. The molecule has 1 aliphatic heterocycles. The quantitative estimate of drug-likeness (QED) is 0.594. The van der Waals surface area contributed by atoms with Gasteiger partial charge in [0.15, 0.2) is 0 Å². The summed E-state index contributed by atoms with van der Waals surface area (Å²) < 4.78 is 1.96. The maximum absolute atomic E-state index is 12.8. The summed E-state index contributed by atoms with van der Waals surface area (Å²) in [5, 5.41) is 1.74. The summed E-state index contributed by atoms with van der Waals surface area (Å²) in [6, 6.07) is 14.3. The van der Waals surface area contributed by atoms with E-state index < -0.39 is 0 Å². The van der Waals surface area contributed by atoms with Gasteiger partial charge < -0.3 is 4.57 Å². The Labute approximate surface area is 147 Å². The Hall–Kier alpha value is -3.04. The fourth-order valence-corrected chi connectivity index (χ4v) is 3.32. The Morgan fingerprint density at radius 1 is 1.20 bits per heavy atom. The van der Waals surface area contributed by atoms with Gasteiger partial charge in [0.05, 0.1) is 0 Å². The zero-order chi connectivity index (χ0) is 17.2. The van der Waals surface area contributed by atoms with Gasteiger partial charge in [-0.1, -0.05) is 12.8 Å². The molecule has 0 radical (unpaired) electrons. The minimum atomic E-state index is 0.121. The van der Waals surface area contributed by atoms with Crippen LogP contribution >= 0.6 is 0 Å². The second-order valence-corrected chi connectivity index (χ2v) is 6.66. The molecule has 0 saturated carbocycles. The Morgan fingerprint density at radius 3 is 2.96 bits per heavy atom. The number of rotatable bonds is 0. The first-order valence-electron chi connectivity index (χ1n) is 8.64. The molecule has 1 aliphatic rings. The molecule has 3 aromatic rings. The van der Waals surface area contributed by atoms with Crippen molar-refractivity contribution in [3.05, 3.63) is 76.0 Å². The van der Waals surface area contributed by atoms with Crippen LogP contribution in [0.15, 0.2) is 41.2 Å². The van der Waals surface area contributed by atoms with Gasteiger partial charge in [0.25, 0.3) is 5.56 Å². The number of fused-ring (bicyclic) bond motifs is 2. The minimum absolute atomic E-state index is 0.121. The third-order valence-corrected chi connectivity index (χ3v) is 4.84. The van der Waals surface area contributed by atoms with Gasteiger partial charge in [-0.25, -0.2) is 0 Å². The molecule has 0 unspecified atom stereocenters. The third kappa shape index (κ3) is 3.14. The third-order valence-electron chi connectivity index (χ3n) is 4.84. The molecule has 3 nitrogen and oxygen atoms in total. The molecule has 0 saturated heterocycles. The molecular weight excluding hydrogens is 308 g/mol. The molecule has 0 aliphatic carbocycles. The van der Waals surface area contributed by atoms with Gasteiger partial charge in [-0.2, -0.15) is 4.98 Å². The molecule has 0 bridgehead atoms. The van der Waals surface area contributed by atoms with Gasteiger partial charge in [0, 0.05) is 29.4 Å². The molecule has 1 aromatic carbocycles. The summed E-state index contributed by atoms with van der Waals surface area (Å²) in [5.74, 6) is 6.80. The maximum atomic E-state index is 12.8. The first-order chi connectivity index (χ1) is 12.2. The average molecular weight is 326 g/mol. The highest BCUT2D eigenvalue weighted by molar-refractivity contribution is 5.83. The molecule has 3 heteroatoms. The lowest BCUT2D eigenvalue weighted by molar-refractivity contribution is 0.484. The second-order valence-electron chi connectivity index (χ2n) is 6.66. The van der Waals surface area contributed by atoms with Crippen LogP contribution in [0.5, 0.6) is 0 Å². The Kier molecular flexibility index (Phi) is 4.00. The molecule has 3 heterocycles. The van der Waals surface area contributed by atoms with Crippen molar-refractivity contribution in [3.8, 4) is 11.8 Å². The van der Waals surface area contributed by atoms with Crippen molar-refractivity contribution in [2.24, 2.45) is 5.92 Å². The summed E-state index contributed by atoms with van der Waals surface area (Å²) in [6.07, 6.45) is 5.82. The van der Waals surface area contributed by atoms with Gasteiger partial charge in [-0.3, -0.25) is 4.79 Å². The van der Waals surface area contributed by atoms with Crippen molar-refractivity contribution < 1.29 is 0 Å². The van der Waals surface area contributed by atoms with E-state index in [0.29, 0.717) is 11.6 Å². The molecule has 0 N–H and O–H groups in total. The lowest BCUT2D eigenvalue weighted by atomic mass is 10.0. The van der Waals surface area contributed by atoms with Crippen LogP contribution in [0, 0.1) is 30.0 Å². The summed E-state index contributed by atoms with van der Waals surface area (Å²) in [4.78, 5) is 16.9. The van der Waals surface area contributed by atoms with Crippen molar-refractivity contribution in [3.63, 3.8) is 0 Å². The van der Waals surface area contributed by atoms with E-state index in [0.717, 1.165) is 47.8 Å². The van der Waals surface area contributed by atoms with E-state index in [1.54, 1.807) is 12.1 Å². The zero-order valence-electron chi connectivity index (χ0n) is 14.2. The molecule has 0 spiro atoms. The standard InChI is InChI=1S/C22H18N2O/c1-16-5-9-20-15-18-14-17(6-8-19-4-2-3-12-23-19)7-10-21(18)22(25)24(20)13-11-16/h2,4,7,10,14-16H,5,9,11,13H2,1H3/t16-/m0/s1. The highest BCUT2D eigenvalue weighted by atomic mass is 16.1. The van der Waals surface area contributed by atoms with E-state index in [1.807, 2.05) is 22.8 Å². The van der Waals surface area contributed by atoms with Crippen LogP contribution in [0.25, 0.3) is 10.8 Å². The number of benzene rings is 1. The van der Waals surface area contributed by atoms with Crippen molar-refractivity contribution in [2.45, 2.75) is 32.7 Å². The number of hydrogen-bond donors (Lipinski definition) is 0. The smallest absolute Gasteiger partial charge is 0.258 e. The van der Waals surface area contributed by atoms with Crippen molar-refractivity contribution in [1.29, 1.82) is 0 Å². The van der Waals surface area contributed by atoms with Crippen molar-refractivity contribution >= 4 is 10.8 Å². The first-order valence-corrected chi connectivity index (χ1v) is 8.64. The maximum Gasteiger partial charge on any atom is 0.258 e. The van der Waals surface area contributed by atoms with Crippen LogP contribution < -0.4 is 5.56 Å². The molecule has 2 aromatic heterocycles. The number of aryl methyl sites for hydroxylation is 1. The van der Waals surface area contributed by atoms with Crippen molar-refractivity contribution in [1.82, 2.24) is 9.55 Å². The zero-order valence-corrected chi connectivity index (χ0v) is 14.2. The van der Waals surface area contributed by atoms with Crippen LogP contribution in [-0.2, 0) is 13.0 Å². The molecule has 1 atom stereocenters. The molecule has 0 fully saturated rings. The Bertz CT molecular complexity index is 1040. The number of pyridine rings is 1. The predicted molar refractivity (Wildman–Crippen MR) is 98.2 cm³/mol. The molecule has 0 amide bonds. The van der Waals surface area contributed by atoms with Gasteiger partial charge in [0.2, 0.25) is 0 Å². The number of aromatic nitrogens is 2. The Morgan fingerprint density at radius 2 is 2.12 bits per heavy atom. The predicted octanol–water partition coefficient (Wildman–Crippen LogP) is 3.37. The van der Waals surface area contributed by atoms with Crippen LogP contribution in [0.4, 0.5) is 0 Å². The lowest BCUT2D eigenvalue weighted by Gasteiger charge is -2.11. The van der Waals surface area contributed by atoms with Crippen LogP contribution in [-0.4, -0.2) is 9.55 Å². The van der Waals surface area contributed by atoms with Gasteiger partial charge in [0.1, 0.15) is 5.69 Å². The summed E-state index contributed by atoms with van der Waals surface area (Å²) >= 11 is 0. The van der Waals surface area contributed by atoms with Crippen LogP contribution in [0.2, 0.25) is 0 Å². The van der Waals surface area contributed by atoms with E-state index in [-0.39, 0.29) is 5.56 Å². The average Bonchev–Trinajstić information content (AvgIpc) is 2.83. The summed E-state index contributed by atoms with van der Waals surface area (Å²) in [6.45, 7) is 3.08. The fourth-order valence-electron chi connectivity index (χ4n) is 3.32. The molecule has 4 rings (SSSR count). The van der Waals surface area contributed by atoms with E-state index in [4.69, 9.17) is 0 Å². The summed E-state index contributed by atoms with van der Waals surface area (Å²) in [5.41, 5.74) is 2.81. The normalized spacial score (nSPS) is 16.3. The first kappa shape index (κ1) is 15.5. The monoisotopic (exact) mass is 326 g/mol.